The van der Waals surface area contributed by atoms with Gasteiger partial charge in [0.15, 0.2) is 5.78 Å². The Bertz CT molecular complexity index is 1390. The van der Waals surface area contributed by atoms with Crippen LogP contribution in [0.1, 0.15) is 77.3 Å². The van der Waals surface area contributed by atoms with E-state index in [0.717, 1.165) is 84.0 Å². The number of benzene rings is 1. The largest absolute Gasteiger partial charge is 1.00 e. The normalized spacial score (nSPS) is 15.7. The second-order valence-corrected chi connectivity index (χ2v) is 13.3. The van der Waals surface area contributed by atoms with Crippen LogP contribution in [-0.2, 0) is 51.3 Å². The smallest absolute Gasteiger partial charge is 0.648 e. The quantitative estimate of drug-likeness (QED) is 0.105. The summed E-state index contributed by atoms with van der Waals surface area (Å²) in [6.45, 7) is 1.61. The first-order chi connectivity index (χ1) is 23.6. The molecule has 0 radical (unpaired) electrons. The number of Topliss-reactive ketones (excluding diaryl/α,β-unsaturated/α-hetero) is 2. The fourth-order valence-corrected chi connectivity index (χ4v) is 6.46. The van der Waals surface area contributed by atoms with Gasteiger partial charge in [-0.25, -0.2) is 0 Å². The minimum Gasteiger partial charge on any atom is -0.648 e. The fraction of sp³-hybridized carbons (Fsp3) is 0.571. The molecule has 1 aliphatic carbocycles. The van der Waals surface area contributed by atoms with Gasteiger partial charge in [0, 0.05) is 52.1 Å². The van der Waals surface area contributed by atoms with Crippen molar-refractivity contribution in [2.75, 3.05) is 45.6 Å². The predicted octanol–water partition coefficient (Wildman–Crippen LogP) is -0.245. The Morgan fingerprint density at radius 2 is 1.66 bits per heavy atom. The van der Waals surface area contributed by atoms with Crippen molar-refractivity contribution >= 4 is 52.9 Å². The van der Waals surface area contributed by atoms with Crippen LogP contribution in [0.3, 0.4) is 0 Å². The third kappa shape index (κ3) is 16.0. The molecule has 0 bridgehead atoms. The third-order valence-electron chi connectivity index (χ3n) is 8.17. The van der Waals surface area contributed by atoms with Crippen molar-refractivity contribution < 1.29 is 97.9 Å². The van der Waals surface area contributed by atoms with Gasteiger partial charge in [-0.2, -0.15) is 0 Å². The molecule has 0 saturated carbocycles. The zero-order valence-electron chi connectivity index (χ0n) is 29.5. The van der Waals surface area contributed by atoms with Gasteiger partial charge in [0.05, 0.1) is 30.1 Å². The number of thioether (sulfide) groups is 1. The van der Waals surface area contributed by atoms with E-state index < -0.39 is 35.4 Å². The Hall–Kier alpha value is -2.23. The van der Waals surface area contributed by atoms with E-state index in [0.29, 0.717) is 19.4 Å². The van der Waals surface area contributed by atoms with Crippen molar-refractivity contribution in [3.05, 3.63) is 52.0 Å². The first kappa shape index (κ1) is 43.9. The van der Waals surface area contributed by atoms with Crippen LogP contribution in [0.4, 0.5) is 0 Å². The summed E-state index contributed by atoms with van der Waals surface area (Å²) in [5, 5.41) is 11.8. The van der Waals surface area contributed by atoms with E-state index in [1.807, 2.05) is 31.3 Å². The summed E-state index contributed by atoms with van der Waals surface area (Å²) in [7, 11) is 1.86. The van der Waals surface area contributed by atoms with Crippen LogP contribution < -0.4 is 74.1 Å². The summed E-state index contributed by atoms with van der Waals surface area (Å²) in [5.74, 6) is -1.92. The van der Waals surface area contributed by atoms with Crippen LogP contribution in [0.25, 0.3) is 5.32 Å². The number of amides is 5. The molecule has 5 amide bonds. The number of imide groups is 1. The molecule has 3 N–H and O–H groups in total. The topological polar surface area (TPSA) is 182 Å². The summed E-state index contributed by atoms with van der Waals surface area (Å²) in [5.41, 5.74) is 3.66. The van der Waals surface area contributed by atoms with Crippen LogP contribution in [-0.4, -0.2) is 96.9 Å². The van der Waals surface area contributed by atoms with Crippen LogP contribution in [0.15, 0.2) is 35.5 Å². The molecular formula is C35H50N5O8RbS. The SMILES string of the molecule is CNC1=C(C(=O)Cc2ccc(C[N-]C(=O)COCCNC(=O)CN3C(=O)CC(SCC(=O)NCCCCCC(C)=O)C3=O)cc2)CCCC1.[HH].[Rb+]. The van der Waals surface area contributed by atoms with Gasteiger partial charge < -0.3 is 35.6 Å². The number of rotatable bonds is 22. The standard InChI is InChI=1S/C35H49N5O8S.Rb.H2/c1-24(41)8-4-3-7-15-37-33(45)23-49-30-19-34(46)40(35(30)47)21-31(43)38-16-17-48-22-32(44)39-20-26-13-11-25(12-14-26)18-29(42)27-9-5-6-10-28(27)36-2;;/h11-14,30H,3-10,15-23H2,1-2H3,(H4,36,37,38,39,42,43,44,45);;1H/q;+1;/p-1. The van der Waals surface area contributed by atoms with Crippen LogP contribution in [0.5, 0.6) is 0 Å². The van der Waals surface area contributed by atoms with Gasteiger partial charge in [-0.15, -0.1) is 18.3 Å². The number of ketones is 2. The van der Waals surface area contributed by atoms with Crippen molar-refractivity contribution in [1.82, 2.24) is 20.9 Å². The van der Waals surface area contributed by atoms with Gasteiger partial charge in [0.25, 0.3) is 0 Å². The Morgan fingerprint density at radius 1 is 0.960 bits per heavy atom. The number of hydrogen-bond donors (Lipinski definition) is 3. The molecule has 270 valence electrons. The van der Waals surface area contributed by atoms with E-state index in [1.54, 1.807) is 6.92 Å². The number of nitrogens with zero attached hydrogens (tertiary/aromatic N) is 2. The minimum absolute atomic E-state index is 0. The van der Waals surface area contributed by atoms with Gasteiger partial charge >= 0.3 is 58.2 Å². The number of ether oxygens (including phenoxy) is 1. The molecule has 1 atom stereocenters. The minimum atomic E-state index is -0.724. The van der Waals surface area contributed by atoms with Crippen LogP contribution in [0, 0.1) is 0 Å². The maximum Gasteiger partial charge on any atom is 1.00 e. The summed E-state index contributed by atoms with van der Waals surface area (Å²) in [4.78, 5) is 86.2. The molecule has 13 nitrogen and oxygen atoms in total. The molecule has 15 heteroatoms. The van der Waals surface area contributed by atoms with Gasteiger partial charge in [0.1, 0.15) is 12.3 Å². The molecule has 1 aromatic carbocycles. The Morgan fingerprint density at radius 3 is 2.38 bits per heavy atom. The van der Waals surface area contributed by atoms with E-state index in [-0.39, 0.29) is 116 Å². The monoisotopic (exact) mass is 785 g/mol. The van der Waals surface area contributed by atoms with E-state index >= 15 is 0 Å². The molecule has 0 aromatic heterocycles. The summed E-state index contributed by atoms with van der Waals surface area (Å²) in [6.07, 6.45) is 6.98. The number of carbonyl (C=O) groups is 7. The van der Waals surface area contributed by atoms with Gasteiger partial charge in [0.2, 0.25) is 23.6 Å². The second kappa shape index (κ2) is 24.1. The number of hydrogen-bond acceptors (Lipinski definition) is 10. The van der Waals surface area contributed by atoms with Crippen LogP contribution >= 0.6 is 11.8 Å². The first-order valence-corrected chi connectivity index (χ1v) is 17.9. The maximum absolute atomic E-state index is 12.8. The predicted molar refractivity (Wildman–Crippen MR) is 187 cm³/mol. The van der Waals surface area contributed by atoms with Crippen molar-refractivity contribution in [3.8, 4) is 0 Å². The molecule has 1 fully saturated rings. The molecule has 2 aliphatic rings. The van der Waals surface area contributed by atoms with E-state index in [9.17, 15) is 33.6 Å². The number of nitrogens with one attached hydrogen (secondary N) is 3. The first-order valence-electron chi connectivity index (χ1n) is 16.8. The zero-order valence-corrected chi connectivity index (χ0v) is 35.2. The van der Waals surface area contributed by atoms with Crippen molar-refractivity contribution in [3.63, 3.8) is 0 Å². The van der Waals surface area contributed by atoms with Crippen LogP contribution in [0.2, 0.25) is 0 Å². The second-order valence-electron chi connectivity index (χ2n) is 12.1. The Kier molecular flexibility index (Phi) is 21.2. The van der Waals surface area contributed by atoms with E-state index in [4.69, 9.17) is 4.74 Å². The Balaban J connectivity index is 0.00000650. The molecule has 1 heterocycles. The molecule has 1 aliphatic heterocycles. The number of carbonyl (C=O) groups excluding carboxylic acids is 7. The molecule has 0 spiro atoms. The fourth-order valence-electron chi connectivity index (χ4n) is 5.47. The summed E-state index contributed by atoms with van der Waals surface area (Å²) in [6, 6.07) is 7.45. The van der Waals surface area contributed by atoms with Crippen molar-refractivity contribution in [2.45, 2.75) is 82.9 Å². The number of likely N-dealkylation sites (tertiary alicyclic amines) is 1. The van der Waals surface area contributed by atoms with Crippen molar-refractivity contribution in [1.29, 1.82) is 0 Å². The number of allylic oxidation sites excluding steroid dienone is 2. The van der Waals surface area contributed by atoms with E-state index in [1.165, 1.54) is 0 Å². The Labute approximate surface area is 348 Å². The molecule has 3 rings (SSSR count). The summed E-state index contributed by atoms with van der Waals surface area (Å²) < 4.78 is 5.31. The number of unbranched alkanes of at least 4 members (excludes halogenated alkanes) is 2. The third-order valence-corrected chi connectivity index (χ3v) is 9.37. The molecule has 1 unspecified atom stereocenters. The maximum atomic E-state index is 12.8. The molecule has 50 heavy (non-hydrogen) atoms. The average molecular weight is 786 g/mol. The summed E-state index contributed by atoms with van der Waals surface area (Å²) >= 11 is 1.07. The molecule has 1 aromatic rings. The van der Waals surface area contributed by atoms with E-state index in [2.05, 4.69) is 21.3 Å². The average Bonchev–Trinajstić information content (AvgIpc) is 3.35. The van der Waals surface area contributed by atoms with Crippen molar-refractivity contribution in [2.24, 2.45) is 0 Å². The van der Waals surface area contributed by atoms with Gasteiger partial charge in [-0.3, -0.25) is 28.9 Å². The zero-order chi connectivity index (χ0) is 35.6. The molecular weight excluding hydrogens is 736 g/mol. The van der Waals surface area contributed by atoms with Gasteiger partial charge in [-0.05, 0) is 51.0 Å². The molecule has 1 saturated heterocycles. The van der Waals surface area contributed by atoms with Gasteiger partial charge in [-0.1, -0.05) is 36.2 Å².